The molecule has 0 aliphatic heterocycles. The maximum absolute atomic E-state index is 11.9. The van der Waals surface area contributed by atoms with Crippen LogP contribution < -0.4 is 14.8 Å². The molecule has 0 radical (unpaired) electrons. The molecule has 134 valence electrons. The first kappa shape index (κ1) is 17.5. The monoisotopic (exact) mass is 353 g/mol. The van der Waals surface area contributed by atoms with Crippen LogP contribution in [0.25, 0.3) is 11.5 Å². The van der Waals surface area contributed by atoms with Crippen LogP contribution >= 0.6 is 0 Å². The van der Waals surface area contributed by atoms with Crippen LogP contribution in [0.1, 0.15) is 12.5 Å². The Balaban J connectivity index is 1.55. The van der Waals surface area contributed by atoms with E-state index >= 15 is 0 Å². The van der Waals surface area contributed by atoms with Crippen molar-refractivity contribution in [2.75, 3.05) is 18.5 Å². The fourth-order valence-electron chi connectivity index (χ4n) is 2.20. The second kappa shape index (κ2) is 8.15. The summed E-state index contributed by atoms with van der Waals surface area (Å²) < 4.78 is 16.0. The van der Waals surface area contributed by atoms with Crippen LogP contribution in [0.4, 0.5) is 5.95 Å². The zero-order valence-electron chi connectivity index (χ0n) is 14.6. The van der Waals surface area contributed by atoms with Gasteiger partial charge in [0.25, 0.3) is 17.7 Å². The summed E-state index contributed by atoms with van der Waals surface area (Å²) in [6, 6.07) is 14.7. The van der Waals surface area contributed by atoms with Crippen LogP contribution in [0.15, 0.2) is 53.1 Å². The van der Waals surface area contributed by atoms with E-state index in [1.54, 1.807) is 12.1 Å². The van der Waals surface area contributed by atoms with Gasteiger partial charge in [0.05, 0.1) is 6.61 Å². The van der Waals surface area contributed by atoms with Crippen molar-refractivity contribution in [1.29, 1.82) is 0 Å². The molecule has 0 aliphatic carbocycles. The fraction of sp³-hybridized carbons (Fsp3) is 0.211. The first-order valence-electron chi connectivity index (χ1n) is 8.20. The summed E-state index contributed by atoms with van der Waals surface area (Å²) >= 11 is 0. The minimum absolute atomic E-state index is 0.0893. The maximum atomic E-state index is 11.9. The van der Waals surface area contributed by atoms with Gasteiger partial charge < -0.3 is 14.0 Å². The smallest absolute Gasteiger partial charge is 0.270 e. The number of carbonyl (C=O) groups excluding carboxylic acids is 1. The second-order valence-electron chi connectivity index (χ2n) is 5.53. The number of hydrogen-bond acceptors (Lipinski definition) is 6. The summed E-state index contributed by atoms with van der Waals surface area (Å²) in [5.74, 6) is 1.41. The number of hydrogen-bond donors (Lipinski definition) is 1. The molecule has 3 aromatic rings. The molecular weight excluding hydrogens is 334 g/mol. The topological polar surface area (TPSA) is 86.5 Å². The van der Waals surface area contributed by atoms with Crippen molar-refractivity contribution in [2.45, 2.75) is 13.8 Å². The summed E-state index contributed by atoms with van der Waals surface area (Å²) in [6.07, 6.45) is 0. The third kappa shape index (κ3) is 4.60. The van der Waals surface area contributed by atoms with Gasteiger partial charge in [-0.25, -0.2) is 0 Å². The fourth-order valence-corrected chi connectivity index (χ4v) is 2.20. The lowest BCUT2D eigenvalue weighted by atomic mass is 10.2. The number of nitrogens with zero attached hydrogens (tertiary/aromatic N) is 2. The van der Waals surface area contributed by atoms with Crippen molar-refractivity contribution < 1.29 is 18.8 Å². The molecule has 0 spiro atoms. The molecule has 7 heteroatoms. The van der Waals surface area contributed by atoms with E-state index in [0.29, 0.717) is 18.2 Å². The number of rotatable bonds is 7. The van der Waals surface area contributed by atoms with E-state index < -0.39 is 0 Å². The van der Waals surface area contributed by atoms with Crippen molar-refractivity contribution in [2.24, 2.45) is 0 Å². The minimum atomic E-state index is -0.371. The Morgan fingerprint density at radius 3 is 2.38 bits per heavy atom. The highest BCUT2D eigenvalue weighted by molar-refractivity contribution is 5.90. The predicted octanol–water partition coefficient (Wildman–Crippen LogP) is 3.46. The Kier molecular flexibility index (Phi) is 5.48. The van der Waals surface area contributed by atoms with Crippen molar-refractivity contribution in [3.05, 3.63) is 54.1 Å². The van der Waals surface area contributed by atoms with Gasteiger partial charge in [0, 0.05) is 5.56 Å². The number of nitrogens with one attached hydrogen (secondary N) is 1. The van der Waals surface area contributed by atoms with Crippen molar-refractivity contribution in [3.63, 3.8) is 0 Å². The normalized spacial score (nSPS) is 10.4. The molecule has 1 N–H and O–H groups in total. The van der Waals surface area contributed by atoms with E-state index in [4.69, 9.17) is 14.0 Å². The Labute approximate surface area is 150 Å². The van der Waals surface area contributed by atoms with E-state index in [0.717, 1.165) is 16.9 Å². The molecule has 7 nitrogen and oxygen atoms in total. The van der Waals surface area contributed by atoms with Gasteiger partial charge in [-0.2, -0.15) is 4.98 Å². The lowest BCUT2D eigenvalue weighted by Gasteiger charge is -2.05. The summed E-state index contributed by atoms with van der Waals surface area (Å²) in [4.78, 5) is 16.1. The first-order valence-corrected chi connectivity index (χ1v) is 8.20. The minimum Gasteiger partial charge on any atom is -0.494 e. The third-order valence-electron chi connectivity index (χ3n) is 3.48. The Morgan fingerprint density at radius 2 is 1.69 bits per heavy atom. The third-order valence-corrected chi connectivity index (χ3v) is 3.48. The van der Waals surface area contributed by atoms with Crippen LogP contribution in [0.2, 0.25) is 0 Å². The molecule has 1 heterocycles. The Hall–Kier alpha value is -3.35. The summed E-state index contributed by atoms with van der Waals surface area (Å²) in [5, 5.41) is 6.29. The average molecular weight is 353 g/mol. The SMILES string of the molecule is CCOc1ccc(-c2nc(NC(=O)COc3ccc(C)cc3)no2)cc1. The van der Waals surface area contributed by atoms with Gasteiger partial charge in [-0.15, -0.1) is 0 Å². The molecule has 2 aromatic carbocycles. The van der Waals surface area contributed by atoms with Crippen LogP contribution in [0.5, 0.6) is 11.5 Å². The highest BCUT2D eigenvalue weighted by Gasteiger charge is 2.12. The van der Waals surface area contributed by atoms with Gasteiger partial charge in [-0.05, 0) is 55.4 Å². The molecule has 0 saturated carbocycles. The molecule has 0 fully saturated rings. The standard InChI is InChI=1S/C19H19N3O4/c1-3-24-15-10-6-14(7-11-15)18-21-19(22-26-18)20-17(23)12-25-16-8-4-13(2)5-9-16/h4-11H,3,12H2,1-2H3,(H,20,22,23). The summed E-state index contributed by atoms with van der Waals surface area (Å²) in [6.45, 7) is 4.36. The van der Waals surface area contributed by atoms with Crippen molar-refractivity contribution in [1.82, 2.24) is 10.1 Å². The van der Waals surface area contributed by atoms with E-state index in [9.17, 15) is 4.79 Å². The summed E-state index contributed by atoms with van der Waals surface area (Å²) in [7, 11) is 0. The van der Waals surface area contributed by atoms with E-state index in [1.807, 2.05) is 50.2 Å². The highest BCUT2D eigenvalue weighted by Crippen LogP contribution is 2.22. The average Bonchev–Trinajstić information content (AvgIpc) is 3.10. The molecule has 0 aliphatic rings. The van der Waals surface area contributed by atoms with Crippen LogP contribution in [0, 0.1) is 6.92 Å². The van der Waals surface area contributed by atoms with Crippen molar-refractivity contribution in [3.8, 4) is 23.0 Å². The van der Waals surface area contributed by atoms with E-state index in [2.05, 4.69) is 15.5 Å². The molecule has 3 rings (SSSR count). The molecule has 0 atom stereocenters. The Bertz CT molecular complexity index is 857. The number of amides is 1. The molecule has 0 unspecified atom stereocenters. The van der Waals surface area contributed by atoms with Gasteiger partial charge in [0.2, 0.25) is 0 Å². The van der Waals surface area contributed by atoms with Crippen LogP contribution in [-0.4, -0.2) is 29.3 Å². The lowest BCUT2D eigenvalue weighted by Crippen LogP contribution is -2.20. The highest BCUT2D eigenvalue weighted by atomic mass is 16.5. The molecule has 0 saturated heterocycles. The number of aryl methyl sites for hydroxylation is 1. The first-order chi connectivity index (χ1) is 12.6. The van der Waals surface area contributed by atoms with Crippen LogP contribution in [-0.2, 0) is 4.79 Å². The van der Waals surface area contributed by atoms with E-state index in [1.165, 1.54) is 0 Å². The number of ether oxygens (including phenoxy) is 2. The lowest BCUT2D eigenvalue weighted by molar-refractivity contribution is -0.118. The molecule has 26 heavy (non-hydrogen) atoms. The molecule has 1 aromatic heterocycles. The van der Waals surface area contributed by atoms with Crippen LogP contribution in [0.3, 0.4) is 0 Å². The van der Waals surface area contributed by atoms with Gasteiger partial charge in [-0.1, -0.05) is 17.7 Å². The largest absolute Gasteiger partial charge is 0.494 e. The predicted molar refractivity (Wildman–Crippen MR) is 96.2 cm³/mol. The zero-order chi connectivity index (χ0) is 18.4. The molecular formula is C19H19N3O4. The number of benzene rings is 2. The van der Waals surface area contributed by atoms with Gasteiger partial charge >= 0.3 is 0 Å². The van der Waals surface area contributed by atoms with E-state index in [-0.39, 0.29) is 18.5 Å². The number of carbonyl (C=O) groups is 1. The molecule has 1 amide bonds. The van der Waals surface area contributed by atoms with Gasteiger partial charge in [0.15, 0.2) is 6.61 Å². The van der Waals surface area contributed by atoms with Gasteiger partial charge in [-0.3, -0.25) is 10.1 Å². The maximum Gasteiger partial charge on any atom is 0.270 e. The Morgan fingerprint density at radius 1 is 1.04 bits per heavy atom. The quantitative estimate of drug-likeness (QED) is 0.700. The molecule has 0 bridgehead atoms. The number of anilines is 1. The van der Waals surface area contributed by atoms with Crippen molar-refractivity contribution >= 4 is 11.9 Å². The summed E-state index contributed by atoms with van der Waals surface area (Å²) in [5.41, 5.74) is 1.85. The number of aromatic nitrogens is 2. The zero-order valence-corrected chi connectivity index (χ0v) is 14.6. The second-order valence-corrected chi connectivity index (χ2v) is 5.53. The van der Waals surface area contributed by atoms with Gasteiger partial charge in [0.1, 0.15) is 11.5 Å².